The van der Waals surface area contributed by atoms with E-state index in [2.05, 4.69) is 88.4 Å². The number of hydrogen-bond donors (Lipinski definition) is 2. The smallest absolute Gasteiger partial charge is 0.183 e. The van der Waals surface area contributed by atoms with Crippen LogP contribution in [0.2, 0.25) is 0 Å². The molecule has 0 spiro atoms. The van der Waals surface area contributed by atoms with Crippen molar-refractivity contribution in [3.63, 3.8) is 0 Å². The summed E-state index contributed by atoms with van der Waals surface area (Å²) in [6, 6.07) is 27.9. The number of anilines is 2. The third-order valence-corrected chi connectivity index (χ3v) is 6.86. The first-order valence-electron chi connectivity index (χ1n) is 11.4. The lowest BCUT2D eigenvalue weighted by atomic mass is 10.0. The predicted octanol–water partition coefficient (Wildman–Crippen LogP) is 7.08. The Labute approximate surface area is 193 Å². The molecule has 0 aliphatic carbocycles. The average Bonchev–Trinajstić information content (AvgIpc) is 3.11. The van der Waals surface area contributed by atoms with Crippen LogP contribution in [0.15, 0.2) is 83.9 Å². The summed E-state index contributed by atoms with van der Waals surface area (Å²) < 4.78 is 1.22. The van der Waals surface area contributed by atoms with Gasteiger partial charge in [-0.3, -0.25) is 4.99 Å². The minimum Gasteiger partial charge on any atom is -0.361 e. The van der Waals surface area contributed by atoms with Crippen molar-refractivity contribution >= 4 is 38.2 Å². The van der Waals surface area contributed by atoms with E-state index in [1.807, 2.05) is 6.07 Å². The van der Waals surface area contributed by atoms with Crippen molar-refractivity contribution in [3.8, 4) is 0 Å². The highest BCUT2D eigenvalue weighted by molar-refractivity contribution is 7.22. The molecule has 2 heterocycles. The van der Waals surface area contributed by atoms with E-state index in [-0.39, 0.29) is 6.04 Å². The van der Waals surface area contributed by atoms with Crippen molar-refractivity contribution in [3.05, 3.63) is 90.0 Å². The summed E-state index contributed by atoms with van der Waals surface area (Å²) in [6.07, 6.45) is 5.50. The van der Waals surface area contributed by atoms with E-state index in [1.165, 1.54) is 28.7 Å². The van der Waals surface area contributed by atoms with Crippen LogP contribution in [-0.4, -0.2) is 17.4 Å². The summed E-state index contributed by atoms with van der Waals surface area (Å²) in [5.41, 5.74) is 4.80. The van der Waals surface area contributed by atoms with Gasteiger partial charge in [0.05, 0.1) is 16.3 Å². The molecule has 3 aromatic carbocycles. The molecule has 1 aliphatic rings. The average molecular weight is 441 g/mol. The fourth-order valence-electron chi connectivity index (χ4n) is 4.14. The molecule has 32 heavy (non-hydrogen) atoms. The van der Waals surface area contributed by atoms with Gasteiger partial charge in [-0.25, -0.2) is 4.98 Å². The highest BCUT2D eigenvalue weighted by atomic mass is 32.1. The van der Waals surface area contributed by atoms with Crippen LogP contribution >= 0.6 is 11.3 Å². The number of amidine groups is 1. The minimum absolute atomic E-state index is 0.258. The van der Waals surface area contributed by atoms with Crippen LogP contribution in [-0.2, 0) is 6.42 Å². The summed E-state index contributed by atoms with van der Waals surface area (Å²) in [4.78, 5) is 9.70. The van der Waals surface area contributed by atoms with E-state index in [0.29, 0.717) is 0 Å². The van der Waals surface area contributed by atoms with Crippen LogP contribution in [0.25, 0.3) is 10.2 Å². The Bertz CT molecular complexity index is 1150. The van der Waals surface area contributed by atoms with Crippen LogP contribution in [0.1, 0.15) is 42.9 Å². The van der Waals surface area contributed by atoms with E-state index in [4.69, 9.17) is 4.99 Å². The number of nitrogens with one attached hydrogen (secondary N) is 2. The van der Waals surface area contributed by atoms with Gasteiger partial charge >= 0.3 is 0 Å². The topological polar surface area (TPSA) is 49.3 Å². The number of aliphatic imine (C=N–C) groups is 1. The fraction of sp³-hybridized carbons (Fsp3) is 0.259. The van der Waals surface area contributed by atoms with Crippen molar-refractivity contribution in [2.45, 2.75) is 38.1 Å². The largest absolute Gasteiger partial charge is 0.361 e. The predicted molar refractivity (Wildman–Crippen MR) is 137 cm³/mol. The van der Waals surface area contributed by atoms with E-state index >= 15 is 0 Å². The van der Waals surface area contributed by atoms with Gasteiger partial charge in [-0.2, -0.15) is 0 Å². The lowest BCUT2D eigenvalue weighted by Crippen LogP contribution is -2.12. The van der Waals surface area contributed by atoms with Gasteiger partial charge in [-0.15, -0.1) is 0 Å². The SMILES string of the molecule is c1ccc(C2CCCCC(Nc3ccc(CCNc4nc5ccccc5s4)cc3)=N2)cc1. The minimum atomic E-state index is 0.258. The fourth-order valence-corrected chi connectivity index (χ4v) is 5.03. The molecule has 1 aromatic heterocycles. The number of para-hydroxylation sites is 1. The molecule has 5 heteroatoms. The first-order valence-corrected chi connectivity index (χ1v) is 12.2. The lowest BCUT2D eigenvalue weighted by Gasteiger charge is -2.13. The Kier molecular flexibility index (Phi) is 6.45. The first-order chi connectivity index (χ1) is 15.8. The number of hydrogen-bond acceptors (Lipinski definition) is 5. The van der Waals surface area contributed by atoms with Crippen molar-refractivity contribution in [1.29, 1.82) is 0 Å². The summed E-state index contributed by atoms with van der Waals surface area (Å²) in [6.45, 7) is 0.873. The molecule has 1 atom stereocenters. The molecule has 162 valence electrons. The maximum Gasteiger partial charge on any atom is 0.183 e. The summed E-state index contributed by atoms with van der Waals surface area (Å²) >= 11 is 1.71. The number of nitrogens with zero attached hydrogens (tertiary/aromatic N) is 2. The van der Waals surface area contributed by atoms with Crippen LogP contribution in [0.3, 0.4) is 0 Å². The molecule has 5 rings (SSSR count). The summed E-state index contributed by atoms with van der Waals surface area (Å²) in [5, 5.41) is 8.02. The highest BCUT2D eigenvalue weighted by Crippen LogP contribution is 2.28. The Balaban J connectivity index is 1.17. The zero-order valence-electron chi connectivity index (χ0n) is 18.1. The normalized spacial score (nSPS) is 16.4. The van der Waals surface area contributed by atoms with Crippen molar-refractivity contribution < 1.29 is 0 Å². The molecule has 0 bridgehead atoms. The molecular weight excluding hydrogens is 412 g/mol. The molecule has 1 aliphatic heterocycles. The molecular formula is C27H28N4S. The number of benzene rings is 3. The van der Waals surface area contributed by atoms with Crippen molar-refractivity contribution in [2.24, 2.45) is 4.99 Å². The maximum atomic E-state index is 5.05. The molecule has 0 saturated heterocycles. The summed E-state index contributed by atoms with van der Waals surface area (Å²) in [7, 11) is 0. The maximum absolute atomic E-state index is 5.05. The van der Waals surface area contributed by atoms with Crippen LogP contribution in [0, 0.1) is 0 Å². The van der Waals surface area contributed by atoms with E-state index in [9.17, 15) is 0 Å². The second kappa shape index (κ2) is 9.96. The Hall–Kier alpha value is -3.18. The zero-order valence-corrected chi connectivity index (χ0v) is 18.9. The molecule has 0 radical (unpaired) electrons. The number of rotatable bonds is 6. The van der Waals surface area contributed by atoms with Gasteiger partial charge in [0.2, 0.25) is 0 Å². The molecule has 0 amide bonds. The molecule has 2 N–H and O–H groups in total. The number of thiazole rings is 1. The van der Waals surface area contributed by atoms with Gasteiger partial charge in [0, 0.05) is 18.7 Å². The highest BCUT2D eigenvalue weighted by Gasteiger charge is 2.15. The zero-order chi connectivity index (χ0) is 21.6. The quantitative estimate of drug-likeness (QED) is 0.337. The second-order valence-corrected chi connectivity index (χ2v) is 9.26. The monoisotopic (exact) mass is 440 g/mol. The third kappa shape index (κ3) is 5.17. The van der Waals surface area contributed by atoms with Crippen LogP contribution in [0.4, 0.5) is 10.8 Å². The van der Waals surface area contributed by atoms with Crippen LogP contribution < -0.4 is 10.6 Å². The molecule has 0 saturated carbocycles. The van der Waals surface area contributed by atoms with Gasteiger partial charge in [0.25, 0.3) is 0 Å². The Morgan fingerprint density at radius 2 is 1.69 bits per heavy atom. The summed E-state index contributed by atoms with van der Waals surface area (Å²) in [5.74, 6) is 1.10. The molecule has 4 aromatic rings. The van der Waals surface area contributed by atoms with E-state index in [0.717, 1.165) is 48.0 Å². The van der Waals surface area contributed by atoms with E-state index < -0.39 is 0 Å². The van der Waals surface area contributed by atoms with Gasteiger partial charge in [0.15, 0.2) is 5.13 Å². The van der Waals surface area contributed by atoms with Gasteiger partial charge in [0.1, 0.15) is 5.84 Å². The Morgan fingerprint density at radius 1 is 0.875 bits per heavy atom. The molecule has 4 nitrogen and oxygen atoms in total. The van der Waals surface area contributed by atoms with Crippen molar-refractivity contribution in [1.82, 2.24) is 4.98 Å². The number of aromatic nitrogens is 1. The van der Waals surface area contributed by atoms with Gasteiger partial charge in [-0.1, -0.05) is 72.4 Å². The lowest BCUT2D eigenvalue weighted by molar-refractivity contribution is 0.618. The van der Waals surface area contributed by atoms with Crippen molar-refractivity contribution in [2.75, 3.05) is 17.2 Å². The van der Waals surface area contributed by atoms with Gasteiger partial charge in [-0.05, 0) is 54.7 Å². The van der Waals surface area contributed by atoms with E-state index in [1.54, 1.807) is 11.3 Å². The third-order valence-electron chi connectivity index (χ3n) is 5.86. The second-order valence-electron chi connectivity index (χ2n) is 8.23. The number of fused-ring (bicyclic) bond motifs is 1. The molecule has 1 unspecified atom stereocenters. The standard InChI is InChI=1S/C27H28N4S/c1-2-8-21(9-3-1)23-10-5-7-13-26(30-23)29-22-16-14-20(15-17-22)18-19-28-27-31-24-11-4-6-12-25(24)32-27/h1-4,6,8-9,11-12,14-17,23H,5,7,10,13,18-19H2,(H,28,31)(H,29,30). The molecule has 0 fully saturated rings. The van der Waals surface area contributed by atoms with Gasteiger partial charge < -0.3 is 10.6 Å². The Morgan fingerprint density at radius 3 is 2.53 bits per heavy atom. The first kappa shape index (κ1) is 20.7. The van der Waals surface area contributed by atoms with Crippen LogP contribution in [0.5, 0.6) is 0 Å².